The Morgan fingerprint density at radius 3 is 2.84 bits per heavy atom. The minimum Gasteiger partial charge on any atom is -0.377 e. The summed E-state index contributed by atoms with van der Waals surface area (Å²) in [5.74, 6) is -0.158. The van der Waals surface area contributed by atoms with E-state index in [1.165, 1.54) is 24.5 Å². The van der Waals surface area contributed by atoms with E-state index in [1.807, 2.05) is 24.0 Å². The van der Waals surface area contributed by atoms with Crippen LogP contribution in [0.4, 0.5) is 4.39 Å². The zero-order valence-corrected chi connectivity index (χ0v) is 14.8. The Morgan fingerprint density at radius 2 is 2.12 bits per heavy atom. The van der Waals surface area contributed by atoms with E-state index in [0.717, 1.165) is 44.6 Å². The number of ether oxygens (including phenoxy) is 1. The fourth-order valence-electron chi connectivity index (χ4n) is 4.30. The first kappa shape index (κ1) is 16.7. The summed E-state index contributed by atoms with van der Waals surface area (Å²) in [5.41, 5.74) is 2.64. The molecule has 134 valence electrons. The fraction of sp³-hybridized carbons (Fsp3) is 0.550. The van der Waals surface area contributed by atoms with Crippen molar-refractivity contribution in [2.75, 3.05) is 19.7 Å². The largest absolute Gasteiger partial charge is 0.377 e. The Labute approximate surface area is 148 Å². The molecule has 2 saturated heterocycles. The monoisotopic (exact) mass is 343 g/mol. The molecule has 3 heterocycles. The molecule has 2 fully saturated rings. The van der Waals surface area contributed by atoms with Crippen molar-refractivity contribution in [2.24, 2.45) is 12.5 Å². The third-order valence-corrected chi connectivity index (χ3v) is 5.72. The maximum absolute atomic E-state index is 13.4. The van der Waals surface area contributed by atoms with Crippen molar-refractivity contribution in [1.29, 1.82) is 0 Å². The molecule has 0 unspecified atom stereocenters. The third-order valence-electron chi connectivity index (χ3n) is 5.72. The molecule has 1 aromatic carbocycles. The molecule has 0 saturated carbocycles. The molecule has 4 rings (SSSR count). The van der Waals surface area contributed by atoms with Gasteiger partial charge < -0.3 is 4.74 Å². The van der Waals surface area contributed by atoms with Crippen LogP contribution >= 0.6 is 0 Å². The Kier molecular flexibility index (Phi) is 4.61. The zero-order valence-electron chi connectivity index (χ0n) is 14.8. The predicted octanol–water partition coefficient (Wildman–Crippen LogP) is 3.17. The highest BCUT2D eigenvalue weighted by atomic mass is 19.1. The average molecular weight is 343 g/mol. The minimum atomic E-state index is -0.158. The van der Waals surface area contributed by atoms with Gasteiger partial charge in [-0.05, 0) is 61.9 Å². The van der Waals surface area contributed by atoms with Crippen molar-refractivity contribution < 1.29 is 9.13 Å². The first-order valence-corrected chi connectivity index (χ1v) is 9.16. The number of piperidine rings is 1. The average Bonchev–Trinajstić information content (AvgIpc) is 3.17. The molecule has 25 heavy (non-hydrogen) atoms. The van der Waals surface area contributed by atoms with Gasteiger partial charge in [0.2, 0.25) is 0 Å². The number of aryl methyl sites for hydroxylation is 1. The smallest absolute Gasteiger partial charge is 0.123 e. The Bertz CT molecular complexity index is 721. The summed E-state index contributed by atoms with van der Waals surface area (Å²) < 4.78 is 21.3. The van der Waals surface area contributed by atoms with Gasteiger partial charge in [-0.15, -0.1) is 0 Å². The number of hydrogen-bond donors (Lipinski definition) is 0. The van der Waals surface area contributed by atoms with Gasteiger partial charge in [-0.2, -0.15) is 5.10 Å². The third kappa shape index (κ3) is 3.93. The first-order chi connectivity index (χ1) is 12.1. The summed E-state index contributed by atoms with van der Waals surface area (Å²) in [6, 6.07) is 6.91. The van der Waals surface area contributed by atoms with Gasteiger partial charge >= 0.3 is 0 Å². The van der Waals surface area contributed by atoms with E-state index in [4.69, 9.17) is 4.74 Å². The molecule has 1 aromatic heterocycles. The van der Waals surface area contributed by atoms with Crippen molar-refractivity contribution in [2.45, 2.75) is 38.3 Å². The summed E-state index contributed by atoms with van der Waals surface area (Å²) in [5, 5.41) is 4.25. The molecule has 2 aliphatic rings. The molecule has 0 bridgehead atoms. The second-order valence-electron chi connectivity index (χ2n) is 7.77. The van der Waals surface area contributed by atoms with Crippen LogP contribution in [0.1, 0.15) is 30.4 Å². The van der Waals surface area contributed by atoms with Gasteiger partial charge in [0.15, 0.2) is 0 Å². The Hall–Kier alpha value is -1.72. The normalized spacial score (nSPS) is 23.4. The van der Waals surface area contributed by atoms with Crippen LogP contribution in [0.3, 0.4) is 0 Å². The molecule has 1 atom stereocenters. The minimum absolute atomic E-state index is 0.158. The van der Waals surface area contributed by atoms with E-state index in [9.17, 15) is 4.39 Å². The van der Waals surface area contributed by atoms with Crippen molar-refractivity contribution in [1.82, 2.24) is 14.7 Å². The van der Waals surface area contributed by atoms with Gasteiger partial charge in [0.1, 0.15) is 5.82 Å². The predicted molar refractivity (Wildman–Crippen MR) is 94.6 cm³/mol. The number of aromatic nitrogens is 2. The molecule has 2 aliphatic heterocycles. The van der Waals surface area contributed by atoms with Crippen LogP contribution in [0.15, 0.2) is 36.7 Å². The van der Waals surface area contributed by atoms with Crippen molar-refractivity contribution in [3.63, 3.8) is 0 Å². The molecule has 4 nitrogen and oxygen atoms in total. The lowest BCUT2D eigenvalue weighted by Gasteiger charge is -2.38. The second kappa shape index (κ2) is 6.89. The number of benzene rings is 1. The number of halogens is 1. The van der Waals surface area contributed by atoms with Gasteiger partial charge in [-0.1, -0.05) is 12.1 Å². The topological polar surface area (TPSA) is 30.3 Å². The molecule has 0 amide bonds. The fourth-order valence-corrected chi connectivity index (χ4v) is 4.30. The van der Waals surface area contributed by atoms with Crippen LogP contribution in [0.5, 0.6) is 0 Å². The maximum atomic E-state index is 13.4. The van der Waals surface area contributed by atoms with E-state index >= 15 is 0 Å². The van der Waals surface area contributed by atoms with Gasteiger partial charge in [-0.3, -0.25) is 9.58 Å². The number of hydrogen-bond acceptors (Lipinski definition) is 3. The van der Waals surface area contributed by atoms with Crippen molar-refractivity contribution in [3.05, 3.63) is 53.6 Å². The van der Waals surface area contributed by atoms with Gasteiger partial charge in [0, 0.05) is 25.4 Å². The molecule has 2 aromatic rings. The van der Waals surface area contributed by atoms with E-state index in [-0.39, 0.29) is 11.9 Å². The van der Waals surface area contributed by atoms with Gasteiger partial charge in [0.05, 0.1) is 18.9 Å². The second-order valence-corrected chi connectivity index (χ2v) is 7.77. The van der Waals surface area contributed by atoms with Gasteiger partial charge in [-0.25, -0.2) is 4.39 Å². The van der Waals surface area contributed by atoms with Crippen LogP contribution in [0.2, 0.25) is 0 Å². The molecule has 0 radical (unpaired) electrons. The highest BCUT2D eigenvalue weighted by Crippen LogP contribution is 2.42. The molecule has 1 spiro atoms. The molecular weight excluding hydrogens is 317 g/mol. The molecular formula is C20H26FN3O. The zero-order chi connectivity index (χ0) is 17.3. The molecule has 0 aliphatic carbocycles. The van der Waals surface area contributed by atoms with E-state index in [0.29, 0.717) is 5.41 Å². The van der Waals surface area contributed by atoms with E-state index < -0.39 is 0 Å². The van der Waals surface area contributed by atoms with Crippen LogP contribution in [0, 0.1) is 11.2 Å². The number of nitrogens with zero attached hydrogens (tertiary/aromatic N) is 3. The standard InChI is InChI=1S/C20H26FN3O/c1-23-13-17(12-22-23)14-24-7-5-20(6-8-24)11-19(25-15-20)10-16-3-2-4-18(21)9-16/h2-4,9,12-13,19H,5-8,10-11,14-15H2,1H3/t19-/m0/s1. The number of rotatable bonds is 4. The van der Waals surface area contributed by atoms with Crippen molar-refractivity contribution >= 4 is 0 Å². The van der Waals surface area contributed by atoms with Crippen LogP contribution in [-0.4, -0.2) is 40.5 Å². The lowest BCUT2D eigenvalue weighted by Crippen LogP contribution is -2.40. The van der Waals surface area contributed by atoms with E-state index in [1.54, 1.807) is 12.1 Å². The van der Waals surface area contributed by atoms with E-state index in [2.05, 4.69) is 16.2 Å². The highest BCUT2D eigenvalue weighted by molar-refractivity contribution is 5.17. The lowest BCUT2D eigenvalue weighted by molar-refractivity contribution is 0.0631. The highest BCUT2D eigenvalue weighted by Gasteiger charge is 2.42. The summed E-state index contributed by atoms with van der Waals surface area (Å²) in [7, 11) is 1.96. The summed E-state index contributed by atoms with van der Waals surface area (Å²) in [4.78, 5) is 2.52. The van der Waals surface area contributed by atoms with Crippen LogP contribution in [0.25, 0.3) is 0 Å². The first-order valence-electron chi connectivity index (χ1n) is 9.16. The van der Waals surface area contributed by atoms with Crippen LogP contribution in [-0.2, 0) is 24.8 Å². The summed E-state index contributed by atoms with van der Waals surface area (Å²) >= 11 is 0. The van der Waals surface area contributed by atoms with Crippen LogP contribution < -0.4 is 0 Å². The van der Waals surface area contributed by atoms with Gasteiger partial charge in [0.25, 0.3) is 0 Å². The summed E-state index contributed by atoms with van der Waals surface area (Å²) in [6.07, 6.45) is 8.57. The lowest BCUT2D eigenvalue weighted by atomic mass is 9.76. The Morgan fingerprint density at radius 1 is 1.28 bits per heavy atom. The molecule has 0 N–H and O–H groups in total. The van der Waals surface area contributed by atoms with Crippen molar-refractivity contribution in [3.8, 4) is 0 Å². The quantitative estimate of drug-likeness (QED) is 0.854. The number of likely N-dealkylation sites (tertiary alicyclic amines) is 1. The maximum Gasteiger partial charge on any atom is 0.123 e. The molecule has 5 heteroatoms. The summed E-state index contributed by atoms with van der Waals surface area (Å²) in [6.45, 7) is 4.07. The SMILES string of the molecule is Cn1cc(CN2CCC3(CC2)CO[C@@H](Cc2cccc(F)c2)C3)cn1. The Balaban J connectivity index is 1.29.